The lowest BCUT2D eigenvalue weighted by Crippen LogP contribution is -2.22. The molecule has 1 fully saturated rings. The van der Waals surface area contributed by atoms with Gasteiger partial charge in [0, 0.05) is 12.1 Å². The molecule has 0 N–H and O–H groups in total. The van der Waals surface area contributed by atoms with Crippen LogP contribution in [0.3, 0.4) is 0 Å². The van der Waals surface area contributed by atoms with E-state index in [0.717, 1.165) is 25.5 Å². The second-order valence-corrected chi connectivity index (χ2v) is 4.88. The average molecular weight is 300 g/mol. The van der Waals surface area contributed by atoms with Gasteiger partial charge in [-0.25, -0.2) is 14.4 Å². The van der Waals surface area contributed by atoms with Gasteiger partial charge in [-0.05, 0) is 31.4 Å². The summed E-state index contributed by atoms with van der Waals surface area (Å²) in [5.74, 6) is -1.24. The van der Waals surface area contributed by atoms with E-state index >= 15 is 0 Å². The van der Waals surface area contributed by atoms with Crippen LogP contribution >= 0.6 is 11.6 Å². The van der Waals surface area contributed by atoms with E-state index in [1.165, 1.54) is 0 Å². The normalized spacial score (nSPS) is 22.4. The zero-order chi connectivity index (χ0) is 14.5. The van der Waals surface area contributed by atoms with Crippen molar-refractivity contribution >= 4 is 29.6 Å². The van der Waals surface area contributed by atoms with Crippen molar-refractivity contribution in [3.8, 4) is 0 Å². The van der Waals surface area contributed by atoms with Crippen molar-refractivity contribution in [2.45, 2.75) is 26.2 Å². The fourth-order valence-electron chi connectivity index (χ4n) is 2.30. The van der Waals surface area contributed by atoms with E-state index in [1.807, 2.05) is 0 Å². The number of hydrogen-bond acceptors (Lipinski definition) is 5. The van der Waals surface area contributed by atoms with Crippen molar-refractivity contribution in [2.24, 2.45) is 16.8 Å². The minimum absolute atomic E-state index is 0.0535. The van der Waals surface area contributed by atoms with Crippen molar-refractivity contribution in [2.75, 3.05) is 6.61 Å². The standard InChI is InChI=1S/C13H15ClFN3O2/c1-2-20-12(19)9-5-3-4-8(9)6-16-11-10(15)7-17-13(14)18-11/h6-9H,2-5H2,1H3/t8?,9-/m0/s1. The number of esters is 1. The van der Waals surface area contributed by atoms with Crippen molar-refractivity contribution in [3.63, 3.8) is 0 Å². The molecule has 1 aliphatic carbocycles. The Morgan fingerprint density at radius 2 is 2.45 bits per heavy atom. The van der Waals surface area contributed by atoms with Crippen LogP contribution in [-0.4, -0.2) is 28.8 Å². The molecule has 108 valence electrons. The fourth-order valence-corrected chi connectivity index (χ4v) is 2.43. The molecule has 7 heteroatoms. The summed E-state index contributed by atoms with van der Waals surface area (Å²) >= 11 is 5.60. The van der Waals surface area contributed by atoms with Crippen molar-refractivity contribution < 1.29 is 13.9 Å². The molecule has 1 aromatic rings. The van der Waals surface area contributed by atoms with Gasteiger partial charge < -0.3 is 4.74 Å². The van der Waals surface area contributed by atoms with Crippen LogP contribution in [0.4, 0.5) is 10.2 Å². The van der Waals surface area contributed by atoms with Gasteiger partial charge in [0.05, 0.1) is 18.7 Å². The molecule has 5 nitrogen and oxygen atoms in total. The first-order valence-electron chi connectivity index (χ1n) is 6.50. The number of carbonyl (C=O) groups excluding carboxylic acids is 1. The van der Waals surface area contributed by atoms with Crippen LogP contribution in [0.5, 0.6) is 0 Å². The van der Waals surface area contributed by atoms with Crippen molar-refractivity contribution in [3.05, 3.63) is 17.3 Å². The molecule has 1 aromatic heterocycles. The van der Waals surface area contributed by atoms with Crippen LogP contribution in [-0.2, 0) is 9.53 Å². The highest BCUT2D eigenvalue weighted by Gasteiger charge is 2.33. The number of nitrogens with zero attached hydrogens (tertiary/aromatic N) is 3. The van der Waals surface area contributed by atoms with E-state index in [0.29, 0.717) is 6.61 Å². The highest BCUT2D eigenvalue weighted by molar-refractivity contribution is 6.28. The maximum Gasteiger partial charge on any atom is 0.309 e. The molecule has 0 radical (unpaired) electrons. The predicted molar refractivity (Wildman–Crippen MR) is 72.6 cm³/mol. The SMILES string of the molecule is CCOC(=O)[C@H]1CCCC1C=Nc1nc(Cl)ncc1F. The smallest absolute Gasteiger partial charge is 0.309 e. The van der Waals surface area contributed by atoms with Crippen LogP contribution < -0.4 is 0 Å². The Kier molecular flexibility index (Phi) is 5.00. The lowest BCUT2D eigenvalue weighted by Gasteiger charge is -2.13. The summed E-state index contributed by atoms with van der Waals surface area (Å²) in [6.45, 7) is 2.13. The third-order valence-corrected chi connectivity index (χ3v) is 3.43. The molecule has 1 heterocycles. The second kappa shape index (κ2) is 6.74. The Morgan fingerprint density at radius 1 is 1.65 bits per heavy atom. The lowest BCUT2D eigenvalue weighted by atomic mass is 9.97. The zero-order valence-electron chi connectivity index (χ0n) is 11.1. The van der Waals surface area contributed by atoms with Crippen LogP contribution in [0.1, 0.15) is 26.2 Å². The van der Waals surface area contributed by atoms with Gasteiger partial charge in [0.1, 0.15) is 0 Å². The van der Waals surface area contributed by atoms with Crippen molar-refractivity contribution in [1.82, 2.24) is 9.97 Å². The number of aliphatic imine (C=N–C) groups is 1. The first kappa shape index (κ1) is 14.8. The Hall–Kier alpha value is -1.56. The summed E-state index contributed by atoms with van der Waals surface area (Å²) in [4.78, 5) is 23.0. The molecule has 0 amide bonds. The Labute approximate surface area is 121 Å². The van der Waals surface area contributed by atoms with Gasteiger partial charge in [-0.2, -0.15) is 4.98 Å². The largest absolute Gasteiger partial charge is 0.466 e. The van der Waals surface area contributed by atoms with E-state index < -0.39 is 5.82 Å². The third-order valence-electron chi connectivity index (χ3n) is 3.24. The molecule has 2 atom stereocenters. The van der Waals surface area contributed by atoms with Gasteiger partial charge in [-0.1, -0.05) is 6.42 Å². The van der Waals surface area contributed by atoms with Gasteiger partial charge in [0.15, 0.2) is 11.6 Å². The molecule has 1 aliphatic rings. The summed E-state index contributed by atoms with van der Waals surface area (Å²) in [5.41, 5.74) is 0. The fraction of sp³-hybridized carbons (Fsp3) is 0.538. The van der Waals surface area contributed by atoms with Gasteiger partial charge >= 0.3 is 5.97 Å². The minimum Gasteiger partial charge on any atom is -0.466 e. The summed E-state index contributed by atoms with van der Waals surface area (Å²) in [6, 6.07) is 0. The average Bonchev–Trinajstić information content (AvgIpc) is 2.88. The summed E-state index contributed by atoms with van der Waals surface area (Å²) in [6.07, 6.45) is 5.05. The molecular formula is C13H15ClFN3O2. The topological polar surface area (TPSA) is 64.4 Å². The molecule has 0 aliphatic heterocycles. The van der Waals surface area contributed by atoms with Crippen LogP contribution in [0.15, 0.2) is 11.2 Å². The molecule has 0 saturated heterocycles. The van der Waals surface area contributed by atoms with Gasteiger partial charge in [-0.3, -0.25) is 4.79 Å². The summed E-state index contributed by atoms with van der Waals surface area (Å²) < 4.78 is 18.5. The van der Waals surface area contributed by atoms with E-state index in [4.69, 9.17) is 16.3 Å². The van der Waals surface area contributed by atoms with Crippen LogP contribution in [0.2, 0.25) is 5.28 Å². The zero-order valence-corrected chi connectivity index (χ0v) is 11.8. The van der Waals surface area contributed by atoms with Gasteiger partial charge in [0.2, 0.25) is 5.28 Å². The molecule has 0 spiro atoms. The maximum absolute atomic E-state index is 13.4. The molecular weight excluding hydrogens is 285 g/mol. The number of hydrogen-bond donors (Lipinski definition) is 0. The number of halogens is 2. The number of carbonyl (C=O) groups is 1. The quantitative estimate of drug-likeness (QED) is 0.487. The Bertz CT molecular complexity index is 524. The molecule has 1 unspecified atom stereocenters. The van der Waals surface area contributed by atoms with E-state index in [-0.39, 0.29) is 28.9 Å². The summed E-state index contributed by atoms with van der Waals surface area (Å²) in [7, 11) is 0. The second-order valence-electron chi connectivity index (χ2n) is 4.54. The third kappa shape index (κ3) is 3.50. The van der Waals surface area contributed by atoms with Crippen molar-refractivity contribution in [1.29, 1.82) is 0 Å². The van der Waals surface area contributed by atoms with Gasteiger partial charge in [0.25, 0.3) is 0 Å². The predicted octanol–water partition coefficient (Wildman–Crippen LogP) is 2.95. The Morgan fingerprint density at radius 3 is 3.20 bits per heavy atom. The first-order chi connectivity index (χ1) is 9.61. The highest BCUT2D eigenvalue weighted by Crippen LogP contribution is 2.32. The van der Waals surface area contributed by atoms with Crippen LogP contribution in [0.25, 0.3) is 0 Å². The lowest BCUT2D eigenvalue weighted by molar-refractivity contribution is -0.148. The maximum atomic E-state index is 13.4. The minimum atomic E-state index is -0.642. The molecule has 0 bridgehead atoms. The molecule has 20 heavy (non-hydrogen) atoms. The van der Waals surface area contributed by atoms with E-state index in [9.17, 15) is 9.18 Å². The van der Waals surface area contributed by atoms with Crippen LogP contribution in [0, 0.1) is 17.7 Å². The summed E-state index contributed by atoms with van der Waals surface area (Å²) in [5, 5.41) is -0.0630. The monoisotopic (exact) mass is 299 g/mol. The first-order valence-corrected chi connectivity index (χ1v) is 6.88. The molecule has 1 saturated carbocycles. The number of rotatable bonds is 4. The van der Waals surface area contributed by atoms with E-state index in [1.54, 1.807) is 13.1 Å². The number of aromatic nitrogens is 2. The van der Waals surface area contributed by atoms with Gasteiger partial charge in [-0.15, -0.1) is 0 Å². The molecule has 0 aromatic carbocycles. The Balaban J connectivity index is 2.09. The highest BCUT2D eigenvalue weighted by atomic mass is 35.5. The molecule has 2 rings (SSSR count). The van der Waals surface area contributed by atoms with E-state index in [2.05, 4.69) is 15.0 Å². The number of ether oxygens (including phenoxy) is 1.